The Morgan fingerprint density at radius 3 is 2.48 bits per heavy atom. The summed E-state index contributed by atoms with van der Waals surface area (Å²) in [6, 6.07) is 9.76. The molecule has 3 rings (SSSR count). The maximum Gasteiger partial charge on any atom is 0.207 e. The molecule has 0 aliphatic carbocycles. The molecule has 5 nitrogen and oxygen atoms in total. The maximum atomic E-state index is 12.2. The predicted octanol–water partition coefficient (Wildman–Crippen LogP) is 2.29. The van der Waals surface area contributed by atoms with E-state index >= 15 is 0 Å². The number of carbonyl (C=O) groups is 1. The van der Waals surface area contributed by atoms with Crippen molar-refractivity contribution >= 4 is 5.78 Å². The topological polar surface area (TPSA) is 76.0 Å². The second-order valence-corrected chi connectivity index (χ2v) is 4.82. The number of Topliss-reactive ketones (excluding diaryl/α,β-unsaturated/α-hetero) is 1. The number of rotatable bonds is 3. The van der Waals surface area contributed by atoms with Crippen molar-refractivity contribution < 1.29 is 24.5 Å². The zero-order chi connectivity index (χ0) is 15.0. The lowest BCUT2D eigenvalue weighted by molar-refractivity contribution is 0.0856. The number of para-hydroxylation sites is 1. The third-order valence-corrected chi connectivity index (χ3v) is 3.52. The Morgan fingerprint density at radius 1 is 1.19 bits per heavy atom. The molecular weight excluding hydrogens is 272 g/mol. The summed E-state index contributed by atoms with van der Waals surface area (Å²) in [5.41, 5.74) is 0.789. The summed E-state index contributed by atoms with van der Waals surface area (Å²) in [6.45, 7) is 0. The normalized spacial score (nSPS) is 16.4. The first-order valence-corrected chi connectivity index (χ1v) is 6.49. The first-order chi connectivity index (χ1) is 10.1. The number of benzene rings is 2. The minimum Gasteiger partial charge on any atom is -0.507 e. The van der Waals surface area contributed by atoms with Gasteiger partial charge < -0.3 is 19.7 Å². The van der Waals surface area contributed by atoms with Crippen LogP contribution in [0.25, 0.3) is 0 Å². The van der Waals surface area contributed by atoms with Gasteiger partial charge in [0.15, 0.2) is 6.10 Å². The smallest absolute Gasteiger partial charge is 0.207 e. The zero-order valence-electron chi connectivity index (χ0n) is 11.4. The van der Waals surface area contributed by atoms with Crippen molar-refractivity contribution in [2.24, 2.45) is 0 Å². The molecule has 0 fully saturated rings. The number of phenolic OH excluding ortho intramolecular Hbond substituents is 2. The van der Waals surface area contributed by atoms with E-state index < -0.39 is 6.10 Å². The van der Waals surface area contributed by atoms with E-state index in [9.17, 15) is 15.0 Å². The summed E-state index contributed by atoms with van der Waals surface area (Å²) < 4.78 is 10.5. The number of methoxy groups -OCH3 is 1. The van der Waals surface area contributed by atoms with E-state index in [1.54, 1.807) is 24.3 Å². The SMILES string of the molecule is COc1cc(O)c(CC2Oc3ccccc3C2=O)c(O)c1. The van der Waals surface area contributed by atoms with Gasteiger partial charge in [0.25, 0.3) is 0 Å². The number of phenols is 2. The molecule has 1 atom stereocenters. The standard InChI is InChI=1S/C16H14O5/c1-20-9-6-12(17)11(13(18)7-9)8-15-16(19)10-4-2-3-5-14(10)21-15/h2-7,15,17-18H,8H2,1H3. The zero-order valence-corrected chi connectivity index (χ0v) is 11.4. The largest absolute Gasteiger partial charge is 0.507 e. The fourth-order valence-corrected chi connectivity index (χ4v) is 2.42. The number of hydrogen-bond acceptors (Lipinski definition) is 5. The van der Waals surface area contributed by atoms with Crippen LogP contribution in [-0.4, -0.2) is 29.2 Å². The van der Waals surface area contributed by atoms with Crippen molar-refractivity contribution in [1.29, 1.82) is 0 Å². The molecule has 0 bridgehead atoms. The lowest BCUT2D eigenvalue weighted by atomic mass is 10.0. The highest BCUT2D eigenvalue weighted by Crippen LogP contribution is 2.36. The average molecular weight is 286 g/mol. The van der Waals surface area contributed by atoms with Crippen LogP contribution in [0.15, 0.2) is 36.4 Å². The Kier molecular flexibility index (Phi) is 3.17. The first-order valence-electron chi connectivity index (χ1n) is 6.49. The third kappa shape index (κ3) is 2.27. The molecular formula is C16H14O5. The molecule has 0 amide bonds. The molecule has 0 spiro atoms. The molecule has 2 aromatic carbocycles. The monoisotopic (exact) mass is 286 g/mol. The fourth-order valence-electron chi connectivity index (χ4n) is 2.42. The quantitative estimate of drug-likeness (QED) is 0.905. The van der Waals surface area contributed by atoms with E-state index in [1.807, 2.05) is 0 Å². The van der Waals surface area contributed by atoms with Gasteiger partial charge in [-0.1, -0.05) is 12.1 Å². The van der Waals surface area contributed by atoms with Crippen LogP contribution in [-0.2, 0) is 6.42 Å². The van der Waals surface area contributed by atoms with Gasteiger partial charge in [-0.15, -0.1) is 0 Å². The minimum atomic E-state index is -0.743. The molecule has 21 heavy (non-hydrogen) atoms. The van der Waals surface area contributed by atoms with Gasteiger partial charge in [-0.05, 0) is 12.1 Å². The Balaban J connectivity index is 1.88. The van der Waals surface area contributed by atoms with Crippen molar-refractivity contribution in [3.05, 3.63) is 47.5 Å². The van der Waals surface area contributed by atoms with Gasteiger partial charge in [0.05, 0.1) is 12.7 Å². The lowest BCUT2D eigenvalue weighted by Gasteiger charge is -2.13. The number of carbonyl (C=O) groups excluding carboxylic acids is 1. The van der Waals surface area contributed by atoms with E-state index in [4.69, 9.17) is 9.47 Å². The van der Waals surface area contributed by atoms with E-state index in [1.165, 1.54) is 19.2 Å². The highest BCUT2D eigenvalue weighted by atomic mass is 16.5. The van der Waals surface area contributed by atoms with Crippen LogP contribution in [0, 0.1) is 0 Å². The summed E-state index contributed by atoms with van der Waals surface area (Å²) in [6.07, 6.45) is -0.651. The van der Waals surface area contributed by atoms with E-state index in [-0.39, 0.29) is 29.3 Å². The second kappa shape index (κ2) is 5.01. The Labute approximate surface area is 121 Å². The molecule has 1 heterocycles. The summed E-state index contributed by atoms with van der Waals surface area (Å²) in [5, 5.41) is 19.9. The first kappa shape index (κ1) is 13.3. The van der Waals surface area contributed by atoms with E-state index in [2.05, 4.69) is 0 Å². The molecule has 0 radical (unpaired) electrons. The highest BCUT2D eigenvalue weighted by molar-refractivity contribution is 6.04. The molecule has 0 saturated heterocycles. The van der Waals surface area contributed by atoms with Crippen molar-refractivity contribution in [3.8, 4) is 23.0 Å². The molecule has 108 valence electrons. The van der Waals surface area contributed by atoms with Gasteiger partial charge in [0.1, 0.15) is 23.0 Å². The minimum absolute atomic E-state index is 0.0924. The Morgan fingerprint density at radius 2 is 1.86 bits per heavy atom. The highest BCUT2D eigenvalue weighted by Gasteiger charge is 2.33. The number of aromatic hydroxyl groups is 2. The molecule has 0 aromatic heterocycles. The van der Waals surface area contributed by atoms with Crippen LogP contribution >= 0.6 is 0 Å². The van der Waals surface area contributed by atoms with Crippen molar-refractivity contribution in [1.82, 2.24) is 0 Å². The third-order valence-electron chi connectivity index (χ3n) is 3.52. The maximum absolute atomic E-state index is 12.2. The number of ketones is 1. The summed E-state index contributed by atoms with van der Waals surface area (Å²) in [7, 11) is 1.44. The van der Waals surface area contributed by atoms with Crippen LogP contribution in [0.2, 0.25) is 0 Å². The number of ether oxygens (including phenoxy) is 2. The number of hydrogen-bond donors (Lipinski definition) is 2. The van der Waals surface area contributed by atoms with Crippen LogP contribution in [0.1, 0.15) is 15.9 Å². The van der Waals surface area contributed by atoms with Gasteiger partial charge in [0, 0.05) is 24.1 Å². The molecule has 1 unspecified atom stereocenters. The predicted molar refractivity (Wildman–Crippen MR) is 75.2 cm³/mol. The Hall–Kier alpha value is -2.69. The molecule has 1 aliphatic heterocycles. The number of fused-ring (bicyclic) bond motifs is 1. The second-order valence-electron chi connectivity index (χ2n) is 4.82. The molecule has 2 N–H and O–H groups in total. The van der Waals surface area contributed by atoms with Crippen molar-refractivity contribution in [2.45, 2.75) is 12.5 Å². The summed E-state index contributed by atoms with van der Waals surface area (Å²) in [4.78, 5) is 12.2. The summed E-state index contributed by atoms with van der Waals surface area (Å²) in [5.74, 6) is 0.467. The van der Waals surface area contributed by atoms with Crippen LogP contribution in [0.4, 0.5) is 0 Å². The van der Waals surface area contributed by atoms with Gasteiger partial charge >= 0.3 is 0 Å². The molecule has 5 heteroatoms. The van der Waals surface area contributed by atoms with Crippen molar-refractivity contribution in [2.75, 3.05) is 7.11 Å². The van der Waals surface area contributed by atoms with Gasteiger partial charge in [-0.2, -0.15) is 0 Å². The van der Waals surface area contributed by atoms with Gasteiger partial charge in [0.2, 0.25) is 5.78 Å². The molecule has 0 saturated carbocycles. The van der Waals surface area contributed by atoms with Crippen LogP contribution in [0.5, 0.6) is 23.0 Å². The fraction of sp³-hybridized carbons (Fsp3) is 0.188. The Bertz CT molecular complexity index is 685. The van der Waals surface area contributed by atoms with Crippen LogP contribution < -0.4 is 9.47 Å². The molecule has 2 aromatic rings. The van der Waals surface area contributed by atoms with Gasteiger partial charge in [-0.3, -0.25) is 4.79 Å². The van der Waals surface area contributed by atoms with E-state index in [0.29, 0.717) is 17.1 Å². The van der Waals surface area contributed by atoms with E-state index in [0.717, 1.165) is 0 Å². The van der Waals surface area contributed by atoms with Gasteiger partial charge in [-0.25, -0.2) is 0 Å². The van der Waals surface area contributed by atoms with Crippen LogP contribution in [0.3, 0.4) is 0 Å². The van der Waals surface area contributed by atoms with Crippen molar-refractivity contribution in [3.63, 3.8) is 0 Å². The summed E-state index contributed by atoms with van der Waals surface area (Å²) >= 11 is 0. The lowest BCUT2D eigenvalue weighted by Crippen LogP contribution is -2.23. The average Bonchev–Trinajstić information content (AvgIpc) is 2.79. The molecule has 1 aliphatic rings.